The quantitative estimate of drug-likeness (QED) is 0.265. The standard InChI is InChI=1S/C30H26Cl2N2O4/c1-36-26-16-19-12-13-34(29(28(19)27(18-26)37-2)20-14-21(31)17-22(32)15-20)30(35)33-23-8-10-25(11-9-23)38-24-6-4-3-5-7-24/h3-11,14-18,29H,12-13H2,1-2H3,(H,33,35). The number of anilines is 1. The van der Waals surface area contributed by atoms with E-state index in [0.29, 0.717) is 45.9 Å². The fraction of sp³-hybridized carbons (Fsp3) is 0.167. The van der Waals surface area contributed by atoms with Crippen LogP contribution < -0.4 is 19.5 Å². The van der Waals surface area contributed by atoms with Gasteiger partial charge < -0.3 is 24.4 Å². The Bertz CT molecular complexity index is 1410. The van der Waals surface area contributed by atoms with Crippen molar-refractivity contribution in [1.29, 1.82) is 0 Å². The van der Waals surface area contributed by atoms with Gasteiger partial charge in [0.1, 0.15) is 23.0 Å². The van der Waals surface area contributed by atoms with E-state index in [4.69, 9.17) is 37.4 Å². The van der Waals surface area contributed by atoms with Crippen molar-refractivity contribution >= 4 is 34.9 Å². The normalized spacial score (nSPS) is 14.4. The van der Waals surface area contributed by atoms with Gasteiger partial charge in [-0.15, -0.1) is 0 Å². The summed E-state index contributed by atoms with van der Waals surface area (Å²) in [5.41, 5.74) is 3.34. The Morgan fingerprint density at radius 2 is 1.53 bits per heavy atom. The number of halogens is 2. The van der Waals surface area contributed by atoms with Crippen molar-refractivity contribution in [2.75, 3.05) is 26.1 Å². The summed E-state index contributed by atoms with van der Waals surface area (Å²) in [6, 6.07) is 25.2. The van der Waals surface area contributed by atoms with Gasteiger partial charge in [0.25, 0.3) is 0 Å². The molecule has 0 saturated heterocycles. The molecule has 38 heavy (non-hydrogen) atoms. The molecule has 8 heteroatoms. The molecular weight excluding hydrogens is 523 g/mol. The van der Waals surface area contributed by atoms with E-state index in [0.717, 1.165) is 22.4 Å². The molecule has 2 amide bonds. The zero-order valence-electron chi connectivity index (χ0n) is 20.9. The summed E-state index contributed by atoms with van der Waals surface area (Å²) in [5, 5.41) is 4.00. The van der Waals surface area contributed by atoms with E-state index >= 15 is 0 Å². The van der Waals surface area contributed by atoms with E-state index in [1.807, 2.05) is 78.9 Å². The summed E-state index contributed by atoms with van der Waals surface area (Å²) in [4.78, 5) is 15.5. The number of amides is 2. The van der Waals surface area contributed by atoms with Crippen molar-refractivity contribution < 1.29 is 19.0 Å². The Morgan fingerprint density at radius 1 is 0.842 bits per heavy atom. The molecule has 1 N–H and O–H groups in total. The zero-order valence-corrected chi connectivity index (χ0v) is 22.4. The van der Waals surface area contributed by atoms with Crippen molar-refractivity contribution in [2.24, 2.45) is 0 Å². The SMILES string of the molecule is COc1cc2c(c(OC)c1)C(c1cc(Cl)cc(Cl)c1)N(C(=O)Nc1ccc(Oc3ccccc3)cc1)CC2. The van der Waals surface area contributed by atoms with Crippen LogP contribution in [0.4, 0.5) is 10.5 Å². The molecule has 4 aromatic rings. The number of carbonyl (C=O) groups is 1. The minimum atomic E-state index is -0.475. The second-order valence-electron chi connectivity index (χ2n) is 8.82. The Kier molecular flexibility index (Phi) is 7.63. The molecule has 0 radical (unpaired) electrons. The van der Waals surface area contributed by atoms with Gasteiger partial charge in [0.05, 0.1) is 20.3 Å². The van der Waals surface area contributed by atoms with Gasteiger partial charge in [0.2, 0.25) is 0 Å². The number of hydrogen-bond donors (Lipinski definition) is 1. The first-order chi connectivity index (χ1) is 18.4. The second-order valence-corrected chi connectivity index (χ2v) is 9.69. The molecule has 1 aliphatic heterocycles. The number of urea groups is 1. The molecule has 1 heterocycles. The summed E-state index contributed by atoms with van der Waals surface area (Å²) in [6.07, 6.45) is 0.630. The molecule has 6 nitrogen and oxygen atoms in total. The Labute approximate surface area is 231 Å². The molecule has 4 aromatic carbocycles. The number of hydrogen-bond acceptors (Lipinski definition) is 4. The predicted octanol–water partition coefficient (Wildman–Crippen LogP) is 7.98. The highest BCUT2D eigenvalue weighted by atomic mass is 35.5. The van der Waals surface area contributed by atoms with Gasteiger partial charge in [0.15, 0.2) is 0 Å². The average Bonchev–Trinajstić information content (AvgIpc) is 2.92. The van der Waals surface area contributed by atoms with Crippen LogP contribution in [0.15, 0.2) is 84.9 Å². The molecule has 0 saturated carbocycles. The molecule has 1 atom stereocenters. The molecule has 0 aromatic heterocycles. The van der Waals surface area contributed by atoms with Gasteiger partial charge in [0, 0.05) is 33.9 Å². The maximum Gasteiger partial charge on any atom is 0.322 e. The lowest BCUT2D eigenvalue weighted by molar-refractivity contribution is 0.192. The Balaban J connectivity index is 1.46. The van der Waals surface area contributed by atoms with Crippen LogP contribution in [0.25, 0.3) is 0 Å². The second kappa shape index (κ2) is 11.3. The van der Waals surface area contributed by atoms with Crippen molar-refractivity contribution in [3.63, 3.8) is 0 Å². The lowest BCUT2D eigenvalue weighted by Gasteiger charge is -2.38. The van der Waals surface area contributed by atoms with E-state index in [-0.39, 0.29) is 6.03 Å². The number of rotatable bonds is 6. The monoisotopic (exact) mass is 548 g/mol. The van der Waals surface area contributed by atoms with E-state index in [2.05, 4.69) is 5.32 Å². The van der Waals surface area contributed by atoms with E-state index in [1.54, 1.807) is 25.2 Å². The van der Waals surface area contributed by atoms with Gasteiger partial charge >= 0.3 is 6.03 Å². The van der Waals surface area contributed by atoms with Crippen molar-refractivity contribution in [2.45, 2.75) is 12.5 Å². The molecule has 0 fully saturated rings. The maximum absolute atomic E-state index is 13.7. The fourth-order valence-electron chi connectivity index (χ4n) is 4.71. The molecule has 0 spiro atoms. The molecule has 194 valence electrons. The number of para-hydroxylation sites is 1. The van der Waals surface area contributed by atoms with Gasteiger partial charge in [-0.2, -0.15) is 0 Å². The van der Waals surface area contributed by atoms with Gasteiger partial charge in [-0.25, -0.2) is 4.79 Å². The molecule has 1 unspecified atom stereocenters. The smallest absolute Gasteiger partial charge is 0.322 e. The molecule has 5 rings (SSSR count). The lowest BCUT2D eigenvalue weighted by Crippen LogP contribution is -2.43. The number of fused-ring (bicyclic) bond motifs is 1. The van der Waals surface area contributed by atoms with Crippen molar-refractivity contribution in [1.82, 2.24) is 4.90 Å². The summed E-state index contributed by atoms with van der Waals surface area (Å²) >= 11 is 12.8. The van der Waals surface area contributed by atoms with Crippen LogP contribution in [-0.2, 0) is 6.42 Å². The van der Waals surface area contributed by atoms with Gasteiger partial charge in [-0.05, 0) is 78.2 Å². The maximum atomic E-state index is 13.7. The average molecular weight is 549 g/mol. The van der Waals surface area contributed by atoms with Crippen LogP contribution in [0.3, 0.4) is 0 Å². The highest BCUT2D eigenvalue weighted by molar-refractivity contribution is 6.34. The summed E-state index contributed by atoms with van der Waals surface area (Å²) < 4.78 is 17.1. The Hall–Kier alpha value is -3.87. The largest absolute Gasteiger partial charge is 0.497 e. The van der Waals surface area contributed by atoms with Crippen LogP contribution in [0.1, 0.15) is 22.7 Å². The first-order valence-electron chi connectivity index (χ1n) is 12.1. The van der Waals surface area contributed by atoms with Crippen molar-refractivity contribution in [3.05, 3.63) is 112 Å². The topological polar surface area (TPSA) is 60.0 Å². The van der Waals surface area contributed by atoms with E-state index in [9.17, 15) is 4.79 Å². The number of nitrogens with one attached hydrogen (secondary N) is 1. The first kappa shape index (κ1) is 25.8. The minimum Gasteiger partial charge on any atom is -0.497 e. The molecule has 0 bridgehead atoms. The number of nitrogens with zero attached hydrogens (tertiary/aromatic N) is 1. The van der Waals surface area contributed by atoms with Crippen molar-refractivity contribution in [3.8, 4) is 23.0 Å². The number of methoxy groups -OCH3 is 2. The first-order valence-corrected chi connectivity index (χ1v) is 12.8. The zero-order chi connectivity index (χ0) is 26.6. The summed E-state index contributed by atoms with van der Waals surface area (Å²) in [7, 11) is 3.23. The van der Waals surface area contributed by atoms with Crippen LogP contribution in [-0.4, -0.2) is 31.7 Å². The van der Waals surface area contributed by atoms with Crippen LogP contribution >= 0.6 is 23.2 Å². The highest BCUT2D eigenvalue weighted by Crippen LogP contribution is 2.44. The van der Waals surface area contributed by atoms with Crippen LogP contribution in [0.2, 0.25) is 10.0 Å². The third-order valence-corrected chi connectivity index (χ3v) is 6.85. The highest BCUT2D eigenvalue weighted by Gasteiger charge is 2.35. The van der Waals surface area contributed by atoms with E-state index < -0.39 is 6.04 Å². The summed E-state index contributed by atoms with van der Waals surface area (Å²) in [6.45, 7) is 0.471. The van der Waals surface area contributed by atoms with Gasteiger partial charge in [-0.3, -0.25) is 0 Å². The molecule has 0 aliphatic carbocycles. The molecule has 1 aliphatic rings. The Morgan fingerprint density at radius 3 is 2.18 bits per heavy atom. The predicted molar refractivity (Wildman–Crippen MR) is 150 cm³/mol. The van der Waals surface area contributed by atoms with E-state index in [1.165, 1.54) is 0 Å². The van der Waals surface area contributed by atoms with Crippen LogP contribution in [0, 0.1) is 0 Å². The van der Waals surface area contributed by atoms with Gasteiger partial charge in [-0.1, -0.05) is 41.4 Å². The lowest BCUT2D eigenvalue weighted by atomic mass is 9.87. The van der Waals surface area contributed by atoms with Crippen LogP contribution in [0.5, 0.6) is 23.0 Å². The minimum absolute atomic E-state index is 0.258. The third-order valence-electron chi connectivity index (χ3n) is 6.41. The number of carbonyl (C=O) groups excluding carboxylic acids is 1. The molecular formula is C30H26Cl2N2O4. The number of ether oxygens (including phenoxy) is 3. The fourth-order valence-corrected chi connectivity index (χ4v) is 5.25. The number of benzene rings is 4. The third kappa shape index (κ3) is 5.52. The summed E-state index contributed by atoms with van der Waals surface area (Å²) in [5.74, 6) is 2.73.